The summed E-state index contributed by atoms with van der Waals surface area (Å²) in [6.45, 7) is 6.82. The minimum atomic E-state index is -0.399. The lowest BCUT2D eigenvalue weighted by Crippen LogP contribution is -2.47. The van der Waals surface area contributed by atoms with Crippen molar-refractivity contribution < 1.29 is 5.11 Å². The SMILES string of the molecule is Cc1ccc(C(O)CN2CCN(c3ccccc3)CC2)cc1. The lowest BCUT2D eigenvalue weighted by atomic mass is 10.1. The highest BCUT2D eigenvalue weighted by Gasteiger charge is 2.19. The molecule has 22 heavy (non-hydrogen) atoms. The Morgan fingerprint density at radius 3 is 2.18 bits per heavy atom. The van der Waals surface area contributed by atoms with E-state index in [1.54, 1.807) is 0 Å². The summed E-state index contributed by atoms with van der Waals surface area (Å²) in [5.41, 5.74) is 3.53. The second-order valence-corrected chi connectivity index (χ2v) is 6.05. The van der Waals surface area contributed by atoms with Gasteiger partial charge in [0, 0.05) is 38.4 Å². The topological polar surface area (TPSA) is 26.7 Å². The van der Waals surface area contributed by atoms with Crippen LogP contribution in [-0.2, 0) is 0 Å². The normalized spacial score (nSPS) is 17.5. The molecule has 2 aromatic rings. The molecule has 1 aliphatic heterocycles. The molecule has 0 amide bonds. The lowest BCUT2D eigenvalue weighted by molar-refractivity contribution is 0.109. The molecule has 1 atom stereocenters. The van der Waals surface area contributed by atoms with Gasteiger partial charge in [0.2, 0.25) is 0 Å². The molecule has 1 aliphatic rings. The van der Waals surface area contributed by atoms with Gasteiger partial charge in [-0.2, -0.15) is 0 Å². The second-order valence-electron chi connectivity index (χ2n) is 6.05. The maximum Gasteiger partial charge on any atom is 0.0916 e. The standard InChI is InChI=1S/C19H24N2O/c1-16-7-9-17(10-8-16)19(22)15-20-11-13-21(14-12-20)18-5-3-2-4-6-18/h2-10,19,22H,11-15H2,1H3. The Morgan fingerprint density at radius 1 is 0.909 bits per heavy atom. The summed E-state index contributed by atoms with van der Waals surface area (Å²) in [5.74, 6) is 0. The average molecular weight is 296 g/mol. The van der Waals surface area contributed by atoms with Crippen molar-refractivity contribution in [3.63, 3.8) is 0 Å². The van der Waals surface area contributed by atoms with E-state index in [-0.39, 0.29) is 0 Å². The molecule has 3 rings (SSSR count). The molecule has 1 fully saturated rings. The number of aryl methyl sites for hydroxylation is 1. The van der Waals surface area contributed by atoms with Crippen molar-refractivity contribution >= 4 is 5.69 Å². The van der Waals surface area contributed by atoms with Crippen LogP contribution in [0.25, 0.3) is 0 Å². The predicted molar refractivity (Wildman–Crippen MR) is 91.2 cm³/mol. The first-order chi connectivity index (χ1) is 10.7. The molecule has 1 N–H and O–H groups in total. The number of hydrogen-bond acceptors (Lipinski definition) is 3. The van der Waals surface area contributed by atoms with Crippen LogP contribution < -0.4 is 4.90 Å². The molecule has 0 bridgehead atoms. The van der Waals surface area contributed by atoms with Gasteiger partial charge in [-0.3, -0.25) is 4.90 Å². The van der Waals surface area contributed by atoms with Gasteiger partial charge in [0.05, 0.1) is 6.10 Å². The number of aliphatic hydroxyl groups is 1. The van der Waals surface area contributed by atoms with Crippen molar-refractivity contribution in [2.45, 2.75) is 13.0 Å². The number of hydrogen-bond donors (Lipinski definition) is 1. The van der Waals surface area contributed by atoms with E-state index >= 15 is 0 Å². The summed E-state index contributed by atoms with van der Waals surface area (Å²) in [5, 5.41) is 10.4. The Kier molecular flexibility index (Phi) is 4.76. The minimum absolute atomic E-state index is 0.399. The van der Waals surface area contributed by atoms with Crippen LogP contribution in [0.5, 0.6) is 0 Å². The fourth-order valence-corrected chi connectivity index (χ4v) is 2.97. The quantitative estimate of drug-likeness (QED) is 0.940. The number of piperazine rings is 1. The summed E-state index contributed by atoms with van der Waals surface area (Å²) in [4.78, 5) is 4.76. The molecule has 1 unspecified atom stereocenters. The highest BCUT2D eigenvalue weighted by atomic mass is 16.3. The van der Waals surface area contributed by atoms with Crippen LogP contribution >= 0.6 is 0 Å². The van der Waals surface area contributed by atoms with Crippen LogP contribution in [0.2, 0.25) is 0 Å². The van der Waals surface area contributed by atoms with Crippen LogP contribution in [0.1, 0.15) is 17.2 Å². The molecular formula is C19H24N2O. The Labute approximate surface area is 132 Å². The zero-order chi connectivity index (χ0) is 15.4. The Morgan fingerprint density at radius 2 is 1.55 bits per heavy atom. The highest BCUT2D eigenvalue weighted by Crippen LogP contribution is 2.19. The Bertz CT molecular complexity index is 574. The third kappa shape index (κ3) is 3.67. The zero-order valence-corrected chi connectivity index (χ0v) is 13.2. The monoisotopic (exact) mass is 296 g/mol. The first kappa shape index (κ1) is 15.1. The number of anilines is 1. The second kappa shape index (κ2) is 6.95. The molecule has 3 heteroatoms. The van der Waals surface area contributed by atoms with Crippen molar-refractivity contribution in [3.8, 4) is 0 Å². The first-order valence-corrected chi connectivity index (χ1v) is 7.99. The van der Waals surface area contributed by atoms with Crippen molar-refractivity contribution in [2.24, 2.45) is 0 Å². The van der Waals surface area contributed by atoms with E-state index in [0.29, 0.717) is 6.54 Å². The van der Waals surface area contributed by atoms with Crippen LogP contribution in [0.4, 0.5) is 5.69 Å². The van der Waals surface area contributed by atoms with Crippen LogP contribution in [0.3, 0.4) is 0 Å². The number of nitrogens with zero attached hydrogens (tertiary/aromatic N) is 2. The van der Waals surface area contributed by atoms with Crippen molar-refractivity contribution in [2.75, 3.05) is 37.6 Å². The number of rotatable bonds is 4. The van der Waals surface area contributed by atoms with Gasteiger partial charge in [0.15, 0.2) is 0 Å². The molecule has 1 heterocycles. The Hall–Kier alpha value is -1.84. The summed E-state index contributed by atoms with van der Waals surface area (Å²) >= 11 is 0. The van der Waals surface area contributed by atoms with E-state index < -0.39 is 6.10 Å². The molecule has 1 saturated heterocycles. The summed E-state index contributed by atoms with van der Waals surface area (Å²) < 4.78 is 0. The third-order valence-electron chi connectivity index (χ3n) is 4.39. The van der Waals surface area contributed by atoms with E-state index in [4.69, 9.17) is 0 Å². The molecule has 0 aliphatic carbocycles. The van der Waals surface area contributed by atoms with E-state index in [2.05, 4.69) is 59.2 Å². The van der Waals surface area contributed by atoms with Crippen molar-refractivity contribution in [1.82, 2.24) is 4.90 Å². The fourth-order valence-electron chi connectivity index (χ4n) is 2.97. The average Bonchev–Trinajstić information content (AvgIpc) is 2.57. The van der Waals surface area contributed by atoms with Crippen LogP contribution in [-0.4, -0.2) is 42.7 Å². The van der Waals surface area contributed by atoms with Gasteiger partial charge < -0.3 is 10.0 Å². The van der Waals surface area contributed by atoms with Crippen molar-refractivity contribution in [3.05, 3.63) is 65.7 Å². The smallest absolute Gasteiger partial charge is 0.0916 e. The Balaban J connectivity index is 1.52. The van der Waals surface area contributed by atoms with E-state index in [1.165, 1.54) is 11.3 Å². The van der Waals surface area contributed by atoms with Crippen molar-refractivity contribution in [1.29, 1.82) is 0 Å². The molecule has 0 spiro atoms. The molecule has 3 nitrogen and oxygen atoms in total. The van der Waals surface area contributed by atoms with Gasteiger partial charge in [-0.1, -0.05) is 48.0 Å². The van der Waals surface area contributed by atoms with Crippen LogP contribution in [0.15, 0.2) is 54.6 Å². The van der Waals surface area contributed by atoms with Gasteiger partial charge >= 0.3 is 0 Å². The van der Waals surface area contributed by atoms with E-state index in [0.717, 1.165) is 31.7 Å². The molecule has 2 aromatic carbocycles. The number of aliphatic hydroxyl groups excluding tert-OH is 1. The number of β-amino-alcohol motifs (C(OH)–C–C–N with tert-alkyl or cyclic N) is 1. The summed E-state index contributed by atoms with van der Waals surface area (Å²) in [7, 11) is 0. The fraction of sp³-hybridized carbons (Fsp3) is 0.368. The zero-order valence-electron chi connectivity index (χ0n) is 13.2. The molecule has 0 radical (unpaired) electrons. The summed E-state index contributed by atoms with van der Waals surface area (Å²) in [6.07, 6.45) is -0.399. The molecular weight excluding hydrogens is 272 g/mol. The maximum atomic E-state index is 10.4. The predicted octanol–water partition coefficient (Wildman–Crippen LogP) is 2.85. The highest BCUT2D eigenvalue weighted by molar-refractivity contribution is 5.46. The molecule has 0 saturated carbocycles. The van der Waals surface area contributed by atoms with Gasteiger partial charge in [-0.05, 0) is 24.6 Å². The van der Waals surface area contributed by atoms with E-state index in [9.17, 15) is 5.11 Å². The lowest BCUT2D eigenvalue weighted by Gasteiger charge is -2.37. The van der Waals surface area contributed by atoms with Crippen LogP contribution in [0, 0.1) is 6.92 Å². The minimum Gasteiger partial charge on any atom is -0.387 e. The first-order valence-electron chi connectivity index (χ1n) is 7.99. The summed E-state index contributed by atoms with van der Waals surface area (Å²) in [6, 6.07) is 18.7. The third-order valence-corrected chi connectivity index (χ3v) is 4.39. The number of para-hydroxylation sites is 1. The van der Waals surface area contributed by atoms with Gasteiger partial charge in [0.25, 0.3) is 0 Å². The molecule has 0 aromatic heterocycles. The van der Waals surface area contributed by atoms with Gasteiger partial charge in [-0.15, -0.1) is 0 Å². The van der Waals surface area contributed by atoms with E-state index in [1.807, 2.05) is 12.1 Å². The maximum absolute atomic E-state index is 10.4. The molecule has 116 valence electrons. The van der Waals surface area contributed by atoms with Gasteiger partial charge in [0.1, 0.15) is 0 Å². The van der Waals surface area contributed by atoms with Gasteiger partial charge in [-0.25, -0.2) is 0 Å². The number of benzene rings is 2. The largest absolute Gasteiger partial charge is 0.387 e.